The van der Waals surface area contributed by atoms with Gasteiger partial charge in [0.05, 0.1) is 0 Å². The number of hydrogen-bond acceptors (Lipinski definition) is 0. The van der Waals surface area contributed by atoms with Crippen LogP contribution in [0.5, 0.6) is 0 Å². The van der Waals surface area contributed by atoms with Crippen LogP contribution in [0.15, 0.2) is 33.6 Å². The quantitative estimate of drug-likeness (QED) is 0.628. The second kappa shape index (κ2) is 2.20. The molecule has 0 aliphatic rings. The van der Waals surface area contributed by atoms with E-state index in [1.165, 1.54) is 6.07 Å². The molecular weight excluding hydrogens is 279 g/mol. The van der Waals surface area contributed by atoms with Crippen molar-refractivity contribution in [2.45, 2.75) is 4.90 Å². The maximum absolute atomic E-state index is 12.2. The van der Waals surface area contributed by atoms with Crippen molar-refractivity contribution >= 4 is 26.2 Å². The molecule has 0 spiro atoms. The van der Waals surface area contributed by atoms with E-state index in [-0.39, 0.29) is 0 Å². The Morgan fingerprint density at radius 3 is 1.69 bits per heavy atom. The lowest BCUT2D eigenvalue weighted by Gasteiger charge is -2.41. The molecule has 0 atom stereocenters. The minimum absolute atomic E-state index is 0.353. The van der Waals surface area contributed by atoms with Crippen molar-refractivity contribution < 1.29 is 19.4 Å². The number of halogens is 6. The molecule has 0 aromatic heterocycles. The van der Waals surface area contributed by atoms with Crippen molar-refractivity contribution in [3.05, 3.63) is 28.7 Å². The Hall–Kier alpha value is -0.300. The number of benzene rings is 1. The molecule has 7 heteroatoms. The van der Waals surface area contributed by atoms with Crippen LogP contribution < -0.4 is 0 Å². The minimum atomic E-state index is -9.52. The van der Waals surface area contributed by atoms with Crippen LogP contribution >= 0.6 is 26.2 Å². The molecule has 0 unspecified atom stereocenters. The summed E-state index contributed by atoms with van der Waals surface area (Å²) in [7, 11) is -9.52. The Balaban J connectivity index is 3.50. The zero-order valence-electron chi connectivity index (χ0n) is 5.99. The summed E-state index contributed by atoms with van der Waals surface area (Å²) in [5.74, 6) is 0. The van der Waals surface area contributed by atoms with Gasteiger partial charge < -0.3 is 0 Å². The van der Waals surface area contributed by atoms with E-state index in [4.69, 9.17) is 0 Å². The zero-order chi connectivity index (χ0) is 10.4. The fourth-order valence-electron chi connectivity index (χ4n) is 0.758. The third-order valence-corrected chi connectivity index (χ3v) is 3.39. The summed E-state index contributed by atoms with van der Waals surface area (Å²) in [5.41, 5.74) is 0. The van der Waals surface area contributed by atoms with Gasteiger partial charge in [-0.2, -0.15) is 0 Å². The van der Waals surface area contributed by atoms with Gasteiger partial charge in [-0.15, -0.1) is 0 Å². The van der Waals surface area contributed by atoms with E-state index in [0.717, 1.165) is 12.1 Å². The molecule has 1 aromatic carbocycles. The lowest BCUT2D eigenvalue weighted by Crippen LogP contribution is -2.06. The van der Waals surface area contributed by atoms with Crippen molar-refractivity contribution in [2.24, 2.45) is 0 Å². The molecule has 13 heavy (non-hydrogen) atoms. The van der Waals surface area contributed by atoms with Gasteiger partial charge in [-0.05, 0) is 28.1 Å². The normalized spacial score (nSPS) is 17.7. The first-order chi connectivity index (χ1) is 5.50. The molecule has 0 N–H and O–H groups in total. The van der Waals surface area contributed by atoms with Crippen LogP contribution in [-0.2, 0) is 0 Å². The standard InChI is InChI=1S/C6H4BrF5S/c7-5-3-1-2-4-6(5)13(8,9,10,11)12/h1-4H. The molecule has 0 fully saturated rings. The molecular formula is C6H4BrF5S. The van der Waals surface area contributed by atoms with Gasteiger partial charge in [-0.25, -0.2) is 0 Å². The minimum Gasteiger partial charge on any atom is -0.0936 e. The van der Waals surface area contributed by atoms with Crippen LogP contribution in [0.1, 0.15) is 0 Å². The SMILES string of the molecule is FS(F)(F)(F)(F)c1ccccc1Br. The second-order valence-electron chi connectivity index (χ2n) is 2.40. The van der Waals surface area contributed by atoms with Crippen molar-refractivity contribution in [3.63, 3.8) is 0 Å². The maximum Gasteiger partial charge on any atom is 0.311 e. The summed E-state index contributed by atoms with van der Waals surface area (Å²) >= 11 is 2.43. The first kappa shape index (κ1) is 10.8. The molecule has 0 bridgehead atoms. The fourth-order valence-corrected chi connectivity index (χ4v) is 2.73. The van der Waals surface area contributed by atoms with Crippen LogP contribution in [0.3, 0.4) is 0 Å². The van der Waals surface area contributed by atoms with Crippen LogP contribution in [0, 0.1) is 0 Å². The molecule has 0 radical (unpaired) electrons. The summed E-state index contributed by atoms with van der Waals surface area (Å²) in [6, 6.07) is 3.42. The van der Waals surface area contributed by atoms with E-state index in [1.807, 2.05) is 0 Å². The van der Waals surface area contributed by atoms with Gasteiger partial charge in [0.2, 0.25) is 0 Å². The Labute approximate surface area is 79.6 Å². The predicted molar refractivity (Wildman–Crippen MR) is 45.5 cm³/mol. The average molecular weight is 283 g/mol. The summed E-state index contributed by atoms with van der Waals surface area (Å²) in [6.07, 6.45) is 0. The molecule has 76 valence electrons. The van der Waals surface area contributed by atoms with E-state index in [0.29, 0.717) is 6.07 Å². The van der Waals surface area contributed by atoms with E-state index < -0.39 is 19.6 Å². The molecule has 0 saturated heterocycles. The molecule has 1 rings (SSSR count). The van der Waals surface area contributed by atoms with Gasteiger partial charge in [-0.1, -0.05) is 31.6 Å². The van der Waals surface area contributed by atoms with Gasteiger partial charge in [0.1, 0.15) is 4.90 Å². The molecule has 0 nitrogen and oxygen atoms in total. The van der Waals surface area contributed by atoms with Gasteiger partial charge in [-0.3, -0.25) is 0 Å². The van der Waals surface area contributed by atoms with Gasteiger partial charge in [0.15, 0.2) is 0 Å². The lowest BCUT2D eigenvalue weighted by molar-refractivity contribution is 0.363. The maximum atomic E-state index is 12.2. The van der Waals surface area contributed by atoms with Gasteiger partial charge in [0, 0.05) is 4.47 Å². The zero-order valence-corrected chi connectivity index (χ0v) is 8.39. The van der Waals surface area contributed by atoms with Gasteiger partial charge >= 0.3 is 10.2 Å². The highest BCUT2D eigenvalue weighted by atomic mass is 79.9. The Morgan fingerprint density at radius 1 is 0.923 bits per heavy atom. The third kappa shape index (κ3) is 2.57. The average Bonchev–Trinajstić information content (AvgIpc) is 1.82. The first-order valence-corrected chi connectivity index (χ1v) is 5.74. The summed E-state index contributed by atoms with van der Waals surface area (Å²) in [6.45, 7) is 0. The first-order valence-electron chi connectivity index (χ1n) is 2.99. The third-order valence-electron chi connectivity index (χ3n) is 1.25. The molecule has 1 aromatic rings. The predicted octanol–water partition coefficient (Wildman–Crippen LogP) is 5.11. The van der Waals surface area contributed by atoms with Crippen LogP contribution in [0.25, 0.3) is 0 Å². The van der Waals surface area contributed by atoms with Crippen molar-refractivity contribution in [2.75, 3.05) is 0 Å². The lowest BCUT2D eigenvalue weighted by atomic mass is 10.4. The highest BCUT2D eigenvalue weighted by Crippen LogP contribution is 3.02. The number of rotatable bonds is 1. The Bertz CT molecular complexity index is 342. The summed E-state index contributed by atoms with van der Waals surface area (Å²) < 4.78 is 60.2. The van der Waals surface area contributed by atoms with E-state index in [2.05, 4.69) is 15.9 Å². The summed E-state index contributed by atoms with van der Waals surface area (Å²) in [4.78, 5) is -1.89. The van der Waals surface area contributed by atoms with Crippen LogP contribution in [0.2, 0.25) is 0 Å². The van der Waals surface area contributed by atoms with Crippen molar-refractivity contribution in [1.29, 1.82) is 0 Å². The second-order valence-corrected chi connectivity index (χ2v) is 5.63. The van der Waals surface area contributed by atoms with Crippen LogP contribution in [-0.4, -0.2) is 0 Å². The molecule has 0 aliphatic carbocycles. The van der Waals surface area contributed by atoms with E-state index in [1.54, 1.807) is 0 Å². The highest BCUT2D eigenvalue weighted by molar-refractivity contribution is 9.10. The molecule has 0 saturated carbocycles. The molecule has 0 aliphatic heterocycles. The summed E-state index contributed by atoms with van der Waals surface area (Å²) in [5, 5.41) is 0. The molecule has 0 heterocycles. The fraction of sp³-hybridized carbons (Fsp3) is 0. The van der Waals surface area contributed by atoms with Crippen molar-refractivity contribution in [3.8, 4) is 0 Å². The smallest absolute Gasteiger partial charge is 0.0936 e. The topological polar surface area (TPSA) is 0 Å². The Morgan fingerprint density at radius 2 is 1.38 bits per heavy atom. The Kier molecular flexibility index (Phi) is 1.82. The van der Waals surface area contributed by atoms with Gasteiger partial charge in [0.25, 0.3) is 0 Å². The molecule has 0 amide bonds. The monoisotopic (exact) mass is 282 g/mol. The van der Waals surface area contributed by atoms with E-state index in [9.17, 15) is 19.4 Å². The van der Waals surface area contributed by atoms with Crippen LogP contribution in [0.4, 0.5) is 19.4 Å². The van der Waals surface area contributed by atoms with Crippen molar-refractivity contribution in [1.82, 2.24) is 0 Å². The van der Waals surface area contributed by atoms with E-state index >= 15 is 0 Å². The number of hydrogen-bond donors (Lipinski definition) is 0. The highest BCUT2D eigenvalue weighted by Gasteiger charge is 2.66. The largest absolute Gasteiger partial charge is 0.311 e.